The van der Waals surface area contributed by atoms with E-state index in [9.17, 15) is 23.4 Å². The lowest BCUT2D eigenvalue weighted by Gasteiger charge is -2.15. The maximum absolute atomic E-state index is 12.2. The Morgan fingerprint density at radius 3 is 2.10 bits per heavy atom. The van der Waals surface area contributed by atoms with Gasteiger partial charge in [0, 0.05) is 0 Å². The predicted octanol–water partition coefficient (Wildman–Crippen LogP) is 1.50. The number of rotatable bonds is 5. The van der Waals surface area contributed by atoms with Crippen LogP contribution in [-0.4, -0.2) is 24.6 Å². The molecule has 0 aromatic heterocycles. The van der Waals surface area contributed by atoms with Gasteiger partial charge >= 0.3 is 5.97 Å². The fourth-order valence-electron chi connectivity index (χ4n) is 1.75. The second-order valence-electron chi connectivity index (χ2n) is 4.30. The number of carboxylic acids is 1. The highest BCUT2D eigenvalue weighted by atomic mass is 32.2. The van der Waals surface area contributed by atoms with Gasteiger partial charge in [0.05, 0.1) is 4.90 Å². The molecule has 2 aromatic rings. The number of aliphatic carboxylic acids is 1. The van der Waals surface area contributed by atoms with Crippen molar-refractivity contribution in [3.63, 3.8) is 0 Å². The molecular formula is C14H13NO5S. The quantitative estimate of drug-likeness (QED) is 0.776. The lowest BCUT2D eigenvalue weighted by atomic mass is 10.1. The molecule has 0 radical (unpaired) electrons. The van der Waals surface area contributed by atoms with Gasteiger partial charge in [0.15, 0.2) is 0 Å². The minimum atomic E-state index is -3.96. The average Bonchev–Trinajstić information content (AvgIpc) is 2.47. The van der Waals surface area contributed by atoms with Crippen LogP contribution in [0.15, 0.2) is 59.5 Å². The molecule has 0 bridgehead atoms. The van der Waals surface area contributed by atoms with E-state index in [4.69, 9.17) is 0 Å². The molecule has 0 aliphatic rings. The van der Waals surface area contributed by atoms with E-state index in [0.29, 0.717) is 0 Å². The van der Waals surface area contributed by atoms with Gasteiger partial charge in [0.1, 0.15) is 11.8 Å². The Kier molecular flexibility index (Phi) is 4.25. The number of carboxylic acid groups (broad SMARTS) is 1. The van der Waals surface area contributed by atoms with Crippen LogP contribution in [0, 0.1) is 0 Å². The largest absolute Gasteiger partial charge is 0.508 e. The summed E-state index contributed by atoms with van der Waals surface area (Å²) in [5, 5.41) is 18.4. The zero-order chi connectivity index (χ0) is 15.5. The van der Waals surface area contributed by atoms with Crippen LogP contribution in [-0.2, 0) is 14.8 Å². The summed E-state index contributed by atoms with van der Waals surface area (Å²) in [7, 11) is -3.96. The van der Waals surface area contributed by atoms with Crippen LogP contribution in [0.3, 0.4) is 0 Å². The second-order valence-corrected chi connectivity index (χ2v) is 6.01. The first kappa shape index (κ1) is 15.0. The molecule has 0 aliphatic carbocycles. The molecule has 0 saturated heterocycles. The monoisotopic (exact) mass is 307 g/mol. The molecule has 0 heterocycles. The summed E-state index contributed by atoms with van der Waals surface area (Å²) in [4.78, 5) is 11.3. The van der Waals surface area contributed by atoms with Crippen molar-refractivity contribution >= 4 is 16.0 Å². The smallest absolute Gasteiger partial charge is 0.326 e. The highest BCUT2D eigenvalue weighted by Crippen LogP contribution is 2.20. The van der Waals surface area contributed by atoms with E-state index >= 15 is 0 Å². The van der Waals surface area contributed by atoms with Crippen LogP contribution in [0.4, 0.5) is 0 Å². The Morgan fingerprint density at radius 1 is 1.00 bits per heavy atom. The lowest BCUT2D eigenvalue weighted by molar-refractivity contribution is -0.139. The molecule has 6 nitrogen and oxygen atoms in total. The van der Waals surface area contributed by atoms with Gasteiger partial charge in [0.25, 0.3) is 0 Å². The molecule has 0 spiro atoms. The van der Waals surface area contributed by atoms with Crippen molar-refractivity contribution in [1.29, 1.82) is 0 Å². The average molecular weight is 307 g/mol. The summed E-state index contributed by atoms with van der Waals surface area (Å²) >= 11 is 0. The van der Waals surface area contributed by atoms with E-state index in [1.54, 1.807) is 18.2 Å². The SMILES string of the molecule is O=C(O)[C@@H](NS(=O)(=O)c1ccccc1)c1ccc(O)cc1. The highest BCUT2D eigenvalue weighted by Gasteiger charge is 2.26. The van der Waals surface area contributed by atoms with Gasteiger partial charge in [0.2, 0.25) is 10.0 Å². The second kappa shape index (κ2) is 5.94. The number of benzene rings is 2. The molecule has 0 fully saturated rings. The van der Waals surface area contributed by atoms with E-state index in [2.05, 4.69) is 4.72 Å². The number of sulfonamides is 1. The summed E-state index contributed by atoms with van der Waals surface area (Å²) in [6.45, 7) is 0. The Bertz CT molecular complexity index is 726. The van der Waals surface area contributed by atoms with Gasteiger partial charge in [-0.15, -0.1) is 0 Å². The Hall–Kier alpha value is -2.38. The molecule has 110 valence electrons. The van der Waals surface area contributed by atoms with E-state index in [0.717, 1.165) is 0 Å². The molecule has 1 atom stereocenters. The number of nitrogens with one attached hydrogen (secondary N) is 1. The van der Waals surface area contributed by atoms with Gasteiger partial charge in [-0.2, -0.15) is 4.72 Å². The van der Waals surface area contributed by atoms with Crippen LogP contribution in [0.25, 0.3) is 0 Å². The van der Waals surface area contributed by atoms with Gasteiger partial charge in [-0.05, 0) is 29.8 Å². The Morgan fingerprint density at radius 2 is 1.57 bits per heavy atom. The van der Waals surface area contributed by atoms with E-state index in [1.807, 2.05) is 0 Å². The van der Waals surface area contributed by atoms with Crippen molar-refractivity contribution in [3.05, 3.63) is 60.2 Å². The lowest BCUT2D eigenvalue weighted by Crippen LogP contribution is -2.33. The molecule has 0 saturated carbocycles. The fourth-order valence-corrected chi connectivity index (χ4v) is 2.95. The predicted molar refractivity (Wildman–Crippen MR) is 75.2 cm³/mol. The Balaban J connectivity index is 2.33. The van der Waals surface area contributed by atoms with Crippen molar-refractivity contribution < 1.29 is 23.4 Å². The number of phenols is 1. The third-order valence-corrected chi connectivity index (χ3v) is 4.24. The van der Waals surface area contributed by atoms with Gasteiger partial charge in [-0.25, -0.2) is 8.42 Å². The normalized spacial score (nSPS) is 12.8. The number of phenolic OH excluding ortho intramolecular Hbond substituents is 1. The molecule has 0 aliphatic heterocycles. The number of aromatic hydroxyl groups is 1. The van der Waals surface area contributed by atoms with Crippen LogP contribution in [0.1, 0.15) is 11.6 Å². The first-order valence-electron chi connectivity index (χ1n) is 5.99. The third-order valence-electron chi connectivity index (χ3n) is 2.80. The summed E-state index contributed by atoms with van der Waals surface area (Å²) in [6, 6.07) is 11.4. The topological polar surface area (TPSA) is 104 Å². The van der Waals surface area contributed by atoms with Gasteiger partial charge in [-0.3, -0.25) is 4.79 Å². The van der Waals surface area contributed by atoms with Gasteiger partial charge in [-0.1, -0.05) is 30.3 Å². The Labute approximate surface area is 121 Å². The zero-order valence-electron chi connectivity index (χ0n) is 10.8. The molecule has 0 amide bonds. The van der Waals surface area contributed by atoms with Crippen molar-refractivity contribution in [2.45, 2.75) is 10.9 Å². The van der Waals surface area contributed by atoms with Crippen LogP contribution in [0.5, 0.6) is 5.75 Å². The first-order chi connectivity index (χ1) is 9.90. The molecule has 3 N–H and O–H groups in total. The molecular weight excluding hydrogens is 294 g/mol. The zero-order valence-corrected chi connectivity index (χ0v) is 11.6. The summed E-state index contributed by atoms with van der Waals surface area (Å²) in [5.41, 5.74) is 0.222. The first-order valence-corrected chi connectivity index (χ1v) is 7.47. The number of hydrogen-bond donors (Lipinski definition) is 3. The molecule has 0 unspecified atom stereocenters. The minimum absolute atomic E-state index is 0.0185. The molecule has 7 heteroatoms. The molecule has 21 heavy (non-hydrogen) atoms. The standard InChI is InChI=1S/C14H13NO5S/c16-11-8-6-10(7-9-11)13(14(17)18)15-21(19,20)12-4-2-1-3-5-12/h1-9,13,15-16H,(H,17,18)/t13-/m0/s1. The minimum Gasteiger partial charge on any atom is -0.508 e. The molecule has 2 rings (SSSR count). The highest BCUT2D eigenvalue weighted by molar-refractivity contribution is 7.89. The van der Waals surface area contributed by atoms with Gasteiger partial charge < -0.3 is 10.2 Å². The maximum Gasteiger partial charge on any atom is 0.326 e. The van der Waals surface area contributed by atoms with E-state index in [1.165, 1.54) is 36.4 Å². The van der Waals surface area contributed by atoms with Crippen molar-refractivity contribution in [2.75, 3.05) is 0 Å². The van der Waals surface area contributed by atoms with Crippen LogP contribution >= 0.6 is 0 Å². The van der Waals surface area contributed by atoms with Crippen molar-refractivity contribution in [1.82, 2.24) is 4.72 Å². The van der Waals surface area contributed by atoms with Crippen molar-refractivity contribution in [3.8, 4) is 5.75 Å². The number of carbonyl (C=O) groups is 1. The van der Waals surface area contributed by atoms with E-state index in [-0.39, 0.29) is 16.2 Å². The van der Waals surface area contributed by atoms with Crippen LogP contribution < -0.4 is 4.72 Å². The summed E-state index contributed by atoms with van der Waals surface area (Å²) < 4.78 is 26.5. The van der Waals surface area contributed by atoms with Crippen LogP contribution in [0.2, 0.25) is 0 Å². The maximum atomic E-state index is 12.2. The third kappa shape index (κ3) is 3.59. The number of hydrogen-bond acceptors (Lipinski definition) is 4. The van der Waals surface area contributed by atoms with Crippen molar-refractivity contribution in [2.24, 2.45) is 0 Å². The fraction of sp³-hybridized carbons (Fsp3) is 0.0714. The van der Waals surface area contributed by atoms with E-state index < -0.39 is 22.0 Å². The summed E-state index contributed by atoms with van der Waals surface area (Å²) in [5.74, 6) is -1.37. The summed E-state index contributed by atoms with van der Waals surface area (Å²) in [6.07, 6.45) is 0. The molecule has 2 aromatic carbocycles.